The summed E-state index contributed by atoms with van der Waals surface area (Å²) in [4.78, 5) is 27.9. The Morgan fingerprint density at radius 3 is 2.77 bits per heavy atom. The zero-order chi connectivity index (χ0) is 16.3. The summed E-state index contributed by atoms with van der Waals surface area (Å²) >= 11 is 3.17. The van der Waals surface area contributed by atoms with Crippen molar-refractivity contribution in [1.29, 1.82) is 0 Å². The summed E-state index contributed by atoms with van der Waals surface area (Å²) in [5.74, 6) is -0.552. The summed E-state index contributed by atoms with van der Waals surface area (Å²) in [6.45, 7) is 0.961. The lowest BCUT2D eigenvalue weighted by Crippen LogP contribution is -2.41. The molecule has 2 heterocycles. The van der Waals surface area contributed by atoms with Crippen molar-refractivity contribution < 1.29 is 19.6 Å². The number of anilines is 1. The highest BCUT2D eigenvalue weighted by Gasteiger charge is 2.32. The van der Waals surface area contributed by atoms with Gasteiger partial charge in [0.05, 0.1) is 12.0 Å². The monoisotopic (exact) mass is 373 g/mol. The van der Waals surface area contributed by atoms with Gasteiger partial charge in [0.15, 0.2) is 6.10 Å². The van der Waals surface area contributed by atoms with Crippen molar-refractivity contribution in [3.8, 4) is 0 Å². The molecule has 0 aromatic carbocycles. The van der Waals surface area contributed by atoms with E-state index in [4.69, 9.17) is 0 Å². The van der Waals surface area contributed by atoms with Crippen molar-refractivity contribution in [3.05, 3.63) is 26.9 Å². The molecule has 22 heavy (non-hydrogen) atoms. The second-order valence-electron chi connectivity index (χ2n) is 5.05. The molecule has 2 rings (SSSR count). The molecule has 0 bridgehead atoms. The Kier molecular flexibility index (Phi) is 5.30. The van der Waals surface area contributed by atoms with Crippen LogP contribution in [0.5, 0.6) is 0 Å². The van der Waals surface area contributed by atoms with Crippen LogP contribution in [0.15, 0.2) is 16.7 Å². The van der Waals surface area contributed by atoms with E-state index in [0.717, 1.165) is 0 Å². The highest BCUT2D eigenvalue weighted by atomic mass is 79.9. The number of carbonyl (C=O) groups excluding carboxylic acids is 1. The number of aliphatic hydroxyl groups is 1. The van der Waals surface area contributed by atoms with Gasteiger partial charge in [0, 0.05) is 29.8 Å². The molecule has 1 aliphatic rings. The van der Waals surface area contributed by atoms with Crippen molar-refractivity contribution in [2.45, 2.75) is 18.9 Å². The lowest BCUT2D eigenvalue weighted by Gasteiger charge is -2.33. The molecule has 1 aromatic rings. The van der Waals surface area contributed by atoms with Crippen molar-refractivity contribution in [2.75, 3.05) is 25.1 Å². The minimum absolute atomic E-state index is 0.0682. The van der Waals surface area contributed by atoms with Gasteiger partial charge in [-0.2, -0.15) is 0 Å². The van der Waals surface area contributed by atoms with Crippen molar-refractivity contribution >= 4 is 33.4 Å². The minimum atomic E-state index is -1.15. The van der Waals surface area contributed by atoms with Gasteiger partial charge in [-0.15, -0.1) is 0 Å². The Labute approximate surface area is 135 Å². The highest BCUT2D eigenvalue weighted by molar-refractivity contribution is 9.10. The molecule has 0 spiro atoms. The molecular weight excluding hydrogens is 358 g/mol. The number of nitro groups is 1. The Bertz CT molecular complexity index is 575. The first-order chi connectivity index (χ1) is 10.4. The van der Waals surface area contributed by atoms with E-state index in [1.54, 1.807) is 4.90 Å². The van der Waals surface area contributed by atoms with Gasteiger partial charge >= 0.3 is 11.7 Å². The predicted octanol–water partition coefficient (Wildman–Crippen LogP) is 1.50. The molecule has 8 nitrogen and oxygen atoms in total. The van der Waals surface area contributed by atoms with Crippen LogP contribution < -0.4 is 4.90 Å². The molecule has 0 aliphatic carbocycles. The zero-order valence-electron chi connectivity index (χ0n) is 11.9. The molecule has 1 N–H and O–H groups in total. The standard InChI is InChI=1S/C13H16BrN3O5/c1-22-13(19)11(18)8-2-4-16(5-3-8)12-10(17(20)21)6-9(14)7-15-12/h6-8,11,18H,2-5H2,1H3. The number of ether oxygens (including phenoxy) is 1. The molecule has 1 unspecified atom stereocenters. The second kappa shape index (κ2) is 7.01. The molecule has 0 amide bonds. The van der Waals surface area contributed by atoms with Crippen LogP contribution in [-0.2, 0) is 9.53 Å². The molecule has 1 fully saturated rings. The van der Waals surface area contributed by atoms with Crippen LogP contribution >= 0.6 is 15.9 Å². The maximum atomic E-state index is 11.4. The third-order valence-corrected chi connectivity index (χ3v) is 4.17. The largest absolute Gasteiger partial charge is 0.467 e. The van der Waals surface area contributed by atoms with E-state index in [1.165, 1.54) is 19.4 Å². The first kappa shape index (κ1) is 16.6. The molecule has 0 saturated carbocycles. The van der Waals surface area contributed by atoms with E-state index in [-0.39, 0.29) is 11.6 Å². The van der Waals surface area contributed by atoms with Crippen LogP contribution in [0.25, 0.3) is 0 Å². The number of hydrogen-bond acceptors (Lipinski definition) is 7. The predicted molar refractivity (Wildman–Crippen MR) is 81.6 cm³/mol. The first-order valence-corrected chi connectivity index (χ1v) is 7.54. The number of methoxy groups -OCH3 is 1. The Morgan fingerprint density at radius 1 is 1.59 bits per heavy atom. The number of piperidine rings is 1. The highest BCUT2D eigenvalue weighted by Crippen LogP contribution is 2.32. The third kappa shape index (κ3) is 3.53. The summed E-state index contributed by atoms with van der Waals surface area (Å²) in [6, 6.07) is 1.41. The first-order valence-electron chi connectivity index (χ1n) is 6.74. The van der Waals surface area contributed by atoms with Gasteiger partial charge in [-0.3, -0.25) is 10.1 Å². The fourth-order valence-corrected chi connectivity index (χ4v) is 2.86. The normalized spacial score (nSPS) is 17.1. The summed E-state index contributed by atoms with van der Waals surface area (Å²) in [6.07, 6.45) is 1.42. The molecular formula is C13H16BrN3O5. The maximum Gasteiger partial charge on any atom is 0.334 e. The van der Waals surface area contributed by atoms with Gasteiger partial charge in [0.25, 0.3) is 0 Å². The van der Waals surface area contributed by atoms with Gasteiger partial charge in [0.1, 0.15) is 0 Å². The van der Waals surface area contributed by atoms with E-state index in [9.17, 15) is 20.0 Å². The number of aromatic nitrogens is 1. The fourth-order valence-electron chi connectivity index (χ4n) is 2.54. The molecule has 1 aromatic heterocycles. The van der Waals surface area contributed by atoms with Gasteiger partial charge in [-0.05, 0) is 34.7 Å². The van der Waals surface area contributed by atoms with Crippen molar-refractivity contribution in [2.24, 2.45) is 5.92 Å². The lowest BCUT2D eigenvalue weighted by atomic mass is 9.91. The summed E-state index contributed by atoms with van der Waals surface area (Å²) in [5, 5.41) is 21.0. The number of aliphatic hydroxyl groups excluding tert-OH is 1. The molecule has 9 heteroatoms. The topological polar surface area (TPSA) is 106 Å². The van der Waals surface area contributed by atoms with Crippen LogP contribution in [0.3, 0.4) is 0 Å². The number of pyridine rings is 1. The Hall–Kier alpha value is -1.74. The van der Waals surface area contributed by atoms with E-state index in [0.29, 0.717) is 36.2 Å². The number of carbonyl (C=O) groups is 1. The third-order valence-electron chi connectivity index (χ3n) is 3.74. The summed E-state index contributed by atoms with van der Waals surface area (Å²) in [5.41, 5.74) is -0.0682. The minimum Gasteiger partial charge on any atom is -0.467 e. The van der Waals surface area contributed by atoms with Crippen LogP contribution in [0.1, 0.15) is 12.8 Å². The van der Waals surface area contributed by atoms with Crippen molar-refractivity contribution in [3.63, 3.8) is 0 Å². The molecule has 0 radical (unpaired) electrons. The number of rotatable bonds is 4. The fraction of sp³-hybridized carbons (Fsp3) is 0.538. The second-order valence-corrected chi connectivity index (χ2v) is 5.96. The maximum absolute atomic E-state index is 11.4. The number of halogens is 1. The van der Waals surface area contributed by atoms with E-state index >= 15 is 0 Å². The smallest absolute Gasteiger partial charge is 0.334 e. The average Bonchev–Trinajstić information content (AvgIpc) is 2.53. The van der Waals surface area contributed by atoms with Gasteiger partial charge in [0.2, 0.25) is 5.82 Å². The van der Waals surface area contributed by atoms with E-state index in [2.05, 4.69) is 25.7 Å². The van der Waals surface area contributed by atoms with Crippen molar-refractivity contribution in [1.82, 2.24) is 4.98 Å². The molecule has 1 aliphatic heterocycles. The molecule has 120 valence electrons. The summed E-state index contributed by atoms with van der Waals surface area (Å²) in [7, 11) is 1.23. The van der Waals surface area contributed by atoms with Gasteiger partial charge < -0.3 is 14.7 Å². The lowest BCUT2D eigenvalue weighted by molar-refractivity contribution is -0.384. The Balaban J connectivity index is 2.09. The van der Waals surface area contributed by atoms with Crippen LogP contribution in [-0.4, -0.2) is 47.3 Å². The number of hydrogen-bond donors (Lipinski definition) is 1. The number of esters is 1. The van der Waals surface area contributed by atoms with Gasteiger partial charge in [-0.1, -0.05) is 0 Å². The molecule has 1 saturated heterocycles. The van der Waals surface area contributed by atoms with Crippen LogP contribution in [0, 0.1) is 16.0 Å². The van der Waals surface area contributed by atoms with E-state index in [1.807, 2.05) is 0 Å². The van der Waals surface area contributed by atoms with Crippen LogP contribution in [0.2, 0.25) is 0 Å². The number of nitrogens with zero attached hydrogens (tertiary/aromatic N) is 3. The van der Waals surface area contributed by atoms with Gasteiger partial charge in [-0.25, -0.2) is 9.78 Å². The Morgan fingerprint density at radius 2 is 2.23 bits per heavy atom. The van der Waals surface area contributed by atoms with E-state index < -0.39 is 17.0 Å². The quantitative estimate of drug-likeness (QED) is 0.484. The van der Waals surface area contributed by atoms with Crippen LogP contribution in [0.4, 0.5) is 11.5 Å². The SMILES string of the molecule is COC(=O)C(O)C1CCN(c2ncc(Br)cc2[N+](=O)[O-])CC1. The zero-order valence-corrected chi connectivity index (χ0v) is 13.5. The average molecular weight is 374 g/mol. The molecule has 1 atom stereocenters. The summed E-state index contributed by atoms with van der Waals surface area (Å²) < 4.78 is 5.07.